The van der Waals surface area contributed by atoms with Crippen molar-refractivity contribution in [3.8, 4) is 0 Å². The lowest BCUT2D eigenvalue weighted by molar-refractivity contribution is 0.244. The predicted molar refractivity (Wildman–Crippen MR) is 99.2 cm³/mol. The first-order valence-corrected chi connectivity index (χ1v) is 8.75. The third-order valence-corrected chi connectivity index (χ3v) is 4.42. The van der Waals surface area contributed by atoms with Crippen molar-refractivity contribution < 1.29 is 4.79 Å². The number of nitrogens with one attached hydrogen (secondary N) is 3. The molecule has 3 rings (SSSR count). The van der Waals surface area contributed by atoms with Crippen molar-refractivity contribution >= 4 is 17.4 Å². The molecule has 0 aromatic heterocycles. The van der Waals surface area contributed by atoms with Gasteiger partial charge >= 0.3 is 6.03 Å². The monoisotopic (exact) mass is 323 g/mol. The number of urea groups is 1. The first kappa shape index (κ1) is 16.4. The topological polar surface area (TPSA) is 53.2 Å². The van der Waals surface area contributed by atoms with Gasteiger partial charge in [-0.1, -0.05) is 49.6 Å². The summed E-state index contributed by atoms with van der Waals surface area (Å²) in [5.74, 6) is 0. The van der Waals surface area contributed by atoms with Crippen molar-refractivity contribution in [1.82, 2.24) is 5.32 Å². The summed E-state index contributed by atoms with van der Waals surface area (Å²) in [6.45, 7) is 0.787. The molecule has 0 atom stereocenters. The first-order valence-electron chi connectivity index (χ1n) is 8.75. The minimum Gasteiger partial charge on any atom is -0.381 e. The van der Waals surface area contributed by atoms with Crippen LogP contribution in [-0.2, 0) is 6.54 Å². The quantitative estimate of drug-likeness (QED) is 0.743. The van der Waals surface area contributed by atoms with E-state index in [-0.39, 0.29) is 6.03 Å². The number of benzene rings is 2. The molecule has 2 aromatic carbocycles. The summed E-state index contributed by atoms with van der Waals surface area (Å²) >= 11 is 0. The van der Waals surface area contributed by atoms with Crippen molar-refractivity contribution in [3.63, 3.8) is 0 Å². The van der Waals surface area contributed by atoms with E-state index < -0.39 is 0 Å². The van der Waals surface area contributed by atoms with Gasteiger partial charge < -0.3 is 16.0 Å². The molecule has 126 valence electrons. The van der Waals surface area contributed by atoms with E-state index in [0.29, 0.717) is 6.04 Å². The SMILES string of the molecule is O=C(Nc1ccc(NCc2ccccc2)cc1)NC1CCCCC1. The van der Waals surface area contributed by atoms with Crippen LogP contribution in [0, 0.1) is 0 Å². The molecule has 1 aliphatic rings. The van der Waals surface area contributed by atoms with Gasteiger partial charge in [0.2, 0.25) is 0 Å². The lowest BCUT2D eigenvalue weighted by Crippen LogP contribution is -2.38. The Hall–Kier alpha value is -2.49. The Morgan fingerprint density at radius 3 is 2.25 bits per heavy atom. The van der Waals surface area contributed by atoms with Gasteiger partial charge in [0.25, 0.3) is 0 Å². The van der Waals surface area contributed by atoms with Crippen LogP contribution in [0.25, 0.3) is 0 Å². The maximum absolute atomic E-state index is 12.0. The second-order valence-electron chi connectivity index (χ2n) is 6.35. The standard InChI is InChI=1S/C20H25N3O/c24-20(22-18-9-5-2-6-10-18)23-19-13-11-17(12-14-19)21-15-16-7-3-1-4-8-16/h1,3-4,7-8,11-14,18,21H,2,5-6,9-10,15H2,(H2,22,23,24). The summed E-state index contributed by atoms with van der Waals surface area (Å²) in [5.41, 5.74) is 3.09. The molecule has 0 unspecified atom stereocenters. The van der Waals surface area contributed by atoms with E-state index in [9.17, 15) is 4.79 Å². The molecule has 0 spiro atoms. The summed E-state index contributed by atoms with van der Waals surface area (Å²) < 4.78 is 0. The van der Waals surface area contributed by atoms with Crippen LogP contribution in [0.5, 0.6) is 0 Å². The lowest BCUT2D eigenvalue weighted by atomic mass is 9.96. The number of hydrogen-bond donors (Lipinski definition) is 3. The first-order chi connectivity index (χ1) is 11.8. The highest BCUT2D eigenvalue weighted by Gasteiger charge is 2.15. The van der Waals surface area contributed by atoms with Crippen LogP contribution in [0.4, 0.5) is 16.2 Å². The molecule has 0 aliphatic heterocycles. The van der Waals surface area contributed by atoms with E-state index in [1.54, 1.807) is 0 Å². The van der Waals surface area contributed by atoms with Gasteiger partial charge in [0.1, 0.15) is 0 Å². The zero-order valence-corrected chi connectivity index (χ0v) is 13.9. The molecule has 1 saturated carbocycles. The maximum Gasteiger partial charge on any atom is 0.319 e. The van der Waals surface area contributed by atoms with Gasteiger partial charge in [0, 0.05) is 24.0 Å². The fourth-order valence-corrected chi connectivity index (χ4v) is 3.07. The second kappa shape index (κ2) is 8.39. The highest BCUT2D eigenvalue weighted by molar-refractivity contribution is 5.89. The van der Waals surface area contributed by atoms with Crippen LogP contribution < -0.4 is 16.0 Å². The number of amides is 2. The van der Waals surface area contributed by atoms with Crippen LogP contribution in [-0.4, -0.2) is 12.1 Å². The number of hydrogen-bond acceptors (Lipinski definition) is 2. The van der Waals surface area contributed by atoms with Gasteiger partial charge in [0.05, 0.1) is 0 Å². The summed E-state index contributed by atoms with van der Waals surface area (Å²) in [6, 6.07) is 18.3. The smallest absolute Gasteiger partial charge is 0.319 e. The van der Waals surface area contributed by atoms with E-state index in [0.717, 1.165) is 30.8 Å². The highest BCUT2D eigenvalue weighted by atomic mass is 16.2. The molecule has 2 aromatic rings. The molecule has 24 heavy (non-hydrogen) atoms. The highest BCUT2D eigenvalue weighted by Crippen LogP contribution is 2.18. The summed E-state index contributed by atoms with van der Waals surface area (Å²) in [5, 5.41) is 9.35. The van der Waals surface area contributed by atoms with E-state index in [1.807, 2.05) is 42.5 Å². The average molecular weight is 323 g/mol. The fourth-order valence-electron chi connectivity index (χ4n) is 3.07. The second-order valence-corrected chi connectivity index (χ2v) is 6.35. The average Bonchev–Trinajstić information content (AvgIpc) is 2.63. The predicted octanol–water partition coefficient (Wildman–Crippen LogP) is 4.75. The normalized spacial score (nSPS) is 14.8. The zero-order valence-electron chi connectivity index (χ0n) is 13.9. The summed E-state index contributed by atoms with van der Waals surface area (Å²) in [6.07, 6.45) is 5.90. The molecule has 1 fully saturated rings. The zero-order chi connectivity index (χ0) is 16.6. The fraction of sp³-hybridized carbons (Fsp3) is 0.350. The Labute approximate surface area is 143 Å². The number of rotatable bonds is 5. The molecular formula is C20H25N3O. The molecule has 0 heterocycles. The minimum atomic E-state index is -0.105. The summed E-state index contributed by atoms with van der Waals surface area (Å²) in [4.78, 5) is 12.0. The summed E-state index contributed by atoms with van der Waals surface area (Å²) in [7, 11) is 0. The van der Waals surface area contributed by atoms with Crippen molar-refractivity contribution in [3.05, 3.63) is 60.2 Å². The van der Waals surface area contributed by atoms with Crippen molar-refractivity contribution in [2.24, 2.45) is 0 Å². The Balaban J connectivity index is 1.46. The van der Waals surface area contributed by atoms with Gasteiger partial charge in [-0.15, -0.1) is 0 Å². The number of carbonyl (C=O) groups is 1. The molecule has 2 amide bonds. The van der Waals surface area contributed by atoms with Crippen molar-refractivity contribution in [1.29, 1.82) is 0 Å². The van der Waals surface area contributed by atoms with Gasteiger partial charge in [-0.05, 0) is 42.7 Å². The van der Waals surface area contributed by atoms with E-state index in [2.05, 4.69) is 28.1 Å². The molecule has 4 nitrogen and oxygen atoms in total. The third kappa shape index (κ3) is 5.01. The van der Waals surface area contributed by atoms with Gasteiger partial charge in [-0.2, -0.15) is 0 Å². The van der Waals surface area contributed by atoms with E-state index in [1.165, 1.54) is 24.8 Å². The van der Waals surface area contributed by atoms with Crippen LogP contribution in [0.15, 0.2) is 54.6 Å². The Morgan fingerprint density at radius 1 is 0.875 bits per heavy atom. The maximum atomic E-state index is 12.0. The molecule has 3 N–H and O–H groups in total. The number of anilines is 2. The molecule has 1 aliphatic carbocycles. The van der Waals surface area contributed by atoms with Crippen molar-refractivity contribution in [2.45, 2.75) is 44.7 Å². The molecule has 0 saturated heterocycles. The molecule has 4 heteroatoms. The largest absolute Gasteiger partial charge is 0.381 e. The van der Waals surface area contributed by atoms with Gasteiger partial charge in [0.15, 0.2) is 0 Å². The third-order valence-electron chi connectivity index (χ3n) is 4.42. The van der Waals surface area contributed by atoms with Crippen LogP contribution in [0.1, 0.15) is 37.7 Å². The van der Waals surface area contributed by atoms with Gasteiger partial charge in [-0.3, -0.25) is 0 Å². The lowest BCUT2D eigenvalue weighted by Gasteiger charge is -2.22. The van der Waals surface area contributed by atoms with Crippen molar-refractivity contribution in [2.75, 3.05) is 10.6 Å². The van der Waals surface area contributed by atoms with Gasteiger partial charge in [-0.25, -0.2) is 4.79 Å². The van der Waals surface area contributed by atoms with E-state index in [4.69, 9.17) is 0 Å². The molecular weight excluding hydrogens is 298 g/mol. The number of carbonyl (C=O) groups excluding carboxylic acids is 1. The Morgan fingerprint density at radius 2 is 1.54 bits per heavy atom. The van der Waals surface area contributed by atoms with E-state index >= 15 is 0 Å². The van der Waals surface area contributed by atoms with Crippen LogP contribution >= 0.6 is 0 Å². The Bertz CT molecular complexity index is 634. The minimum absolute atomic E-state index is 0.105. The molecule has 0 radical (unpaired) electrons. The Kier molecular flexibility index (Phi) is 5.72. The molecule has 0 bridgehead atoms. The van der Waals surface area contributed by atoms with Crippen LogP contribution in [0.2, 0.25) is 0 Å². The van der Waals surface area contributed by atoms with Crippen LogP contribution in [0.3, 0.4) is 0 Å².